The second-order valence-electron chi connectivity index (χ2n) is 5.12. The summed E-state index contributed by atoms with van der Waals surface area (Å²) in [6, 6.07) is 2.47. The molecule has 1 saturated heterocycles. The molecular formula is C13H24N6. The van der Waals surface area contributed by atoms with Crippen molar-refractivity contribution in [2.45, 2.75) is 44.6 Å². The van der Waals surface area contributed by atoms with Crippen LogP contribution in [-0.2, 0) is 0 Å². The molecule has 0 bridgehead atoms. The van der Waals surface area contributed by atoms with Crippen LogP contribution in [0.15, 0.2) is 5.11 Å². The number of likely N-dealkylation sites (tertiary alicyclic amines) is 1. The third-order valence-electron chi connectivity index (χ3n) is 3.65. The van der Waals surface area contributed by atoms with Crippen LogP contribution in [0.2, 0.25) is 0 Å². The van der Waals surface area contributed by atoms with Crippen LogP contribution < -0.4 is 5.32 Å². The Morgan fingerprint density at radius 3 is 3.00 bits per heavy atom. The molecule has 106 valence electrons. The monoisotopic (exact) mass is 264 g/mol. The summed E-state index contributed by atoms with van der Waals surface area (Å²) in [5.41, 5.74) is 7.82. The topological polar surface area (TPSA) is 87.8 Å². The van der Waals surface area contributed by atoms with Crippen molar-refractivity contribution in [3.63, 3.8) is 0 Å². The van der Waals surface area contributed by atoms with E-state index in [9.17, 15) is 5.26 Å². The number of nitrogens with zero attached hydrogens (tertiary/aromatic N) is 5. The van der Waals surface area contributed by atoms with Gasteiger partial charge in [-0.05, 0) is 57.3 Å². The van der Waals surface area contributed by atoms with Gasteiger partial charge in [0, 0.05) is 18.0 Å². The van der Waals surface area contributed by atoms with Gasteiger partial charge in [0.2, 0.25) is 0 Å². The molecule has 1 unspecified atom stereocenters. The number of hydrogen-bond donors (Lipinski definition) is 1. The van der Waals surface area contributed by atoms with Gasteiger partial charge in [0.15, 0.2) is 0 Å². The molecule has 0 aromatic heterocycles. The highest BCUT2D eigenvalue weighted by Gasteiger charge is 2.31. The molecule has 1 heterocycles. The highest BCUT2D eigenvalue weighted by atomic mass is 15.1. The quantitative estimate of drug-likeness (QED) is 0.331. The Morgan fingerprint density at radius 1 is 1.47 bits per heavy atom. The molecule has 19 heavy (non-hydrogen) atoms. The number of rotatable bonds is 7. The Kier molecular flexibility index (Phi) is 7.27. The lowest BCUT2D eigenvalue weighted by Gasteiger charge is -2.26. The Balaban J connectivity index is 2.42. The van der Waals surface area contributed by atoms with E-state index in [0.717, 1.165) is 51.9 Å². The molecule has 0 spiro atoms. The van der Waals surface area contributed by atoms with E-state index in [2.05, 4.69) is 33.2 Å². The first-order valence-electron chi connectivity index (χ1n) is 7.16. The maximum absolute atomic E-state index is 9.47. The standard InChI is InChI=1S/C13H24N6/c1-2-9-19-10-3-5-13(12-14,6-11-19)16-7-4-8-17-18-15/h16H,2-11H2,1H3. The molecule has 6 heteroatoms. The van der Waals surface area contributed by atoms with Crippen molar-refractivity contribution in [2.75, 3.05) is 32.7 Å². The Bertz CT molecular complexity index is 344. The minimum atomic E-state index is -0.390. The lowest BCUT2D eigenvalue weighted by Crippen LogP contribution is -2.45. The fraction of sp³-hybridized carbons (Fsp3) is 0.923. The van der Waals surface area contributed by atoms with Crippen LogP contribution >= 0.6 is 0 Å². The van der Waals surface area contributed by atoms with E-state index in [0.29, 0.717) is 6.54 Å². The van der Waals surface area contributed by atoms with Crippen molar-refractivity contribution in [3.8, 4) is 6.07 Å². The van der Waals surface area contributed by atoms with Gasteiger partial charge in [-0.25, -0.2) is 0 Å². The lowest BCUT2D eigenvalue weighted by molar-refractivity contribution is 0.276. The van der Waals surface area contributed by atoms with Crippen molar-refractivity contribution in [3.05, 3.63) is 10.4 Å². The smallest absolute Gasteiger partial charge is 0.108 e. The molecule has 1 fully saturated rings. The van der Waals surface area contributed by atoms with E-state index in [-0.39, 0.29) is 0 Å². The zero-order chi connectivity index (χ0) is 14.0. The van der Waals surface area contributed by atoms with Crippen LogP contribution in [0.4, 0.5) is 0 Å². The summed E-state index contributed by atoms with van der Waals surface area (Å²) >= 11 is 0. The van der Waals surface area contributed by atoms with E-state index in [4.69, 9.17) is 5.53 Å². The summed E-state index contributed by atoms with van der Waals surface area (Å²) in [5, 5.41) is 16.4. The Hall–Kier alpha value is -1.28. The molecule has 1 atom stereocenters. The summed E-state index contributed by atoms with van der Waals surface area (Å²) in [5.74, 6) is 0. The summed E-state index contributed by atoms with van der Waals surface area (Å²) in [4.78, 5) is 5.17. The number of hydrogen-bond acceptors (Lipinski definition) is 4. The van der Waals surface area contributed by atoms with Gasteiger partial charge in [0.25, 0.3) is 0 Å². The van der Waals surface area contributed by atoms with Crippen LogP contribution in [0.5, 0.6) is 0 Å². The van der Waals surface area contributed by atoms with Gasteiger partial charge in [-0.15, -0.1) is 0 Å². The average molecular weight is 264 g/mol. The van der Waals surface area contributed by atoms with Crippen molar-refractivity contribution in [2.24, 2.45) is 5.11 Å². The van der Waals surface area contributed by atoms with E-state index in [1.165, 1.54) is 6.42 Å². The summed E-state index contributed by atoms with van der Waals surface area (Å²) in [7, 11) is 0. The molecule has 1 aliphatic rings. The van der Waals surface area contributed by atoms with Gasteiger partial charge in [-0.2, -0.15) is 5.26 Å². The second-order valence-corrected chi connectivity index (χ2v) is 5.12. The molecule has 0 saturated carbocycles. The van der Waals surface area contributed by atoms with Gasteiger partial charge >= 0.3 is 0 Å². The van der Waals surface area contributed by atoms with Crippen molar-refractivity contribution in [1.29, 1.82) is 5.26 Å². The van der Waals surface area contributed by atoms with Crippen LogP contribution in [0, 0.1) is 11.3 Å². The van der Waals surface area contributed by atoms with Crippen LogP contribution in [0.3, 0.4) is 0 Å². The third kappa shape index (κ3) is 5.48. The van der Waals surface area contributed by atoms with Crippen LogP contribution in [-0.4, -0.2) is 43.2 Å². The molecule has 0 aromatic carbocycles. The van der Waals surface area contributed by atoms with E-state index in [1.54, 1.807) is 0 Å². The van der Waals surface area contributed by atoms with Gasteiger partial charge in [-0.1, -0.05) is 12.0 Å². The van der Waals surface area contributed by atoms with Gasteiger partial charge < -0.3 is 4.90 Å². The predicted molar refractivity (Wildman–Crippen MR) is 75.6 cm³/mol. The maximum atomic E-state index is 9.47. The first-order chi connectivity index (χ1) is 9.26. The van der Waals surface area contributed by atoms with Crippen LogP contribution in [0.1, 0.15) is 39.0 Å². The SMILES string of the molecule is CCCN1CCCC(C#N)(NCCCN=[N+]=[N-])CC1. The van der Waals surface area contributed by atoms with Crippen molar-refractivity contribution < 1.29 is 0 Å². The van der Waals surface area contributed by atoms with E-state index in [1.807, 2.05) is 0 Å². The molecule has 0 radical (unpaired) electrons. The molecule has 0 amide bonds. The zero-order valence-electron chi connectivity index (χ0n) is 11.8. The number of azide groups is 1. The molecule has 1 rings (SSSR count). The number of nitrogens with one attached hydrogen (secondary N) is 1. The average Bonchev–Trinajstić information content (AvgIpc) is 2.63. The van der Waals surface area contributed by atoms with Crippen molar-refractivity contribution >= 4 is 0 Å². The first kappa shape index (κ1) is 15.8. The normalized spacial score (nSPS) is 24.2. The van der Waals surface area contributed by atoms with Gasteiger partial charge in [-0.3, -0.25) is 5.32 Å². The van der Waals surface area contributed by atoms with Crippen molar-refractivity contribution in [1.82, 2.24) is 10.2 Å². The summed E-state index contributed by atoms with van der Waals surface area (Å²) in [6.45, 7) is 6.63. The lowest BCUT2D eigenvalue weighted by atomic mass is 9.92. The van der Waals surface area contributed by atoms with Gasteiger partial charge in [0.1, 0.15) is 5.54 Å². The second kappa shape index (κ2) is 8.76. The van der Waals surface area contributed by atoms with Crippen LogP contribution in [0.25, 0.3) is 10.4 Å². The number of nitriles is 1. The molecule has 1 N–H and O–H groups in total. The minimum Gasteiger partial charge on any atom is -0.303 e. The predicted octanol–water partition coefficient (Wildman–Crippen LogP) is 2.43. The Labute approximate surface area is 115 Å². The van der Waals surface area contributed by atoms with E-state index >= 15 is 0 Å². The first-order valence-corrected chi connectivity index (χ1v) is 7.16. The highest BCUT2D eigenvalue weighted by Crippen LogP contribution is 2.22. The highest BCUT2D eigenvalue weighted by molar-refractivity contribution is 5.08. The molecule has 0 aliphatic carbocycles. The fourth-order valence-corrected chi connectivity index (χ4v) is 2.58. The largest absolute Gasteiger partial charge is 0.303 e. The summed E-state index contributed by atoms with van der Waals surface area (Å²) in [6.07, 6.45) is 4.80. The molecule has 6 nitrogen and oxygen atoms in total. The third-order valence-corrected chi connectivity index (χ3v) is 3.65. The molecule has 1 aliphatic heterocycles. The van der Waals surface area contributed by atoms with Gasteiger partial charge in [0.05, 0.1) is 6.07 Å². The summed E-state index contributed by atoms with van der Waals surface area (Å²) < 4.78 is 0. The van der Waals surface area contributed by atoms with E-state index < -0.39 is 5.54 Å². The fourth-order valence-electron chi connectivity index (χ4n) is 2.58. The minimum absolute atomic E-state index is 0.390. The Morgan fingerprint density at radius 2 is 2.32 bits per heavy atom. The maximum Gasteiger partial charge on any atom is 0.108 e. The zero-order valence-corrected chi connectivity index (χ0v) is 11.8. The molecular weight excluding hydrogens is 240 g/mol. The molecule has 0 aromatic rings.